The molecule has 26 heavy (non-hydrogen) atoms. The number of fused-ring (bicyclic) bond motifs is 2. The smallest absolute Gasteiger partial charge is 0.229 e. The van der Waals surface area contributed by atoms with Gasteiger partial charge in [-0.1, -0.05) is 11.6 Å². The number of halogens is 1. The number of ether oxygens (including phenoxy) is 2. The number of allylic oxidation sites excluding steroid dienone is 1. The van der Waals surface area contributed by atoms with Gasteiger partial charge in [0.2, 0.25) is 11.8 Å². The van der Waals surface area contributed by atoms with E-state index < -0.39 is 0 Å². The van der Waals surface area contributed by atoms with Gasteiger partial charge in [-0.3, -0.25) is 4.99 Å². The predicted molar refractivity (Wildman–Crippen MR) is 102 cm³/mol. The van der Waals surface area contributed by atoms with E-state index in [9.17, 15) is 0 Å². The number of hydrogen-bond donors (Lipinski definition) is 3. The fourth-order valence-corrected chi connectivity index (χ4v) is 2.99. The quantitative estimate of drug-likeness (QED) is 0.676. The molecule has 2 bridgehead atoms. The van der Waals surface area contributed by atoms with Gasteiger partial charge in [0.1, 0.15) is 10.7 Å². The van der Waals surface area contributed by atoms with Gasteiger partial charge in [-0.25, -0.2) is 4.98 Å². The molecule has 1 unspecified atom stereocenters. The van der Waals surface area contributed by atoms with E-state index >= 15 is 0 Å². The molecule has 142 valence electrons. The van der Waals surface area contributed by atoms with Gasteiger partial charge in [-0.2, -0.15) is 4.98 Å². The second kappa shape index (κ2) is 8.55. The van der Waals surface area contributed by atoms with E-state index in [1.807, 2.05) is 13.8 Å². The Kier molecular flexibility index (Phi) is 6.16. The van der Waals surface area contributed by atoms with E-state index in [2.05, 4.69) is 20.6 Å². The fraction of sp³-hybridized carbons (Fsp3) is 0.588. The maximum atomic E-state index is 6.19. The summed E-state index contributed by atoms with van der Waals surface area (Å²) in [7, 11) is 0. The predicted octanol–water partition coefficient (Wildman–Crippen LogP) is 2.53. The molecule has 3 rings (SSSR count). The van der Waals surface area contributed by atoms with Crippen molar-refractivity contribution < 1.29 is 9.47 Å². The van der Waals surface area contributed by atoms with Crippen LogP contribution >= 0.6 is 11.6 Å². The zero-order valence-corrected chi connectivity index (χ0v) is 15.8. The molecule has 0 saturated carbocycles. The molecule has 2 aliphatic rings. The highest BCUT2D eigenvalue weighted by Gasteiger charge is 2.18. The number of nitrogens with one attached hydrogen (secondary N) is 2. The number of aliphatic imine (C=N–C) groups is 1. The van der Waals surface area contributed by atoms with E-state index in [-0.39, 0.29) is 18.0 Å². The molecule has 1 fully saturated rings. The van der Waals surface area contributed by atoms with Crippen LogP contribution < -0.4 is 16.4 Å². The van der Waals surface area contributed by atoms with Crippen LogP contribution in [-0.4, -0.2) is 47.6 Å². The average molecular weight is 381 g/mol. The largest absolute Gasteiger partial charge is 0.478 e. The number of nitrogens with zero attached hydrogens (tertiary/aromatic N) is 3. The molecule has 1 saturated heterocycles. The molecule has 0 radical (unpaired) electrons. The Balaban J connectivity index is 1.91. The molecule has 2 aliphatic heterocycles. The first kappa shape index (κ1) is 18.7. The van der Waals surface area contributed by atoms with Crippen LogP contribution in [0, 0.1) is 0 Å². The normalized spacial score (nSPS) is 22.7. The minimum atomic E-state index is 0.126. The van der Waals surface area contributed by atoms with Crippen molar-refractivity contribution in [3.63, 3.8) is 0 Å². The number of anilines is 2. The van der Waals surface area contributed by atoms with Crippen molar-refractivity contribution in [2.75, 3.05) is 30.5 Å². The molecular formula is C17H25ClN6O2. The lowest BCUT2D eigenvalue weighted by atomic mass is 10.1. The van der Waals surface area contributed by atoms with Crippen LogP contribution in [-0.2, 0) is 9.47 Å². The molecule has 0 aromatic carbocycles. The molecule has 1 aromatic heterocycles. The van der Waals surface area contributed by atoms with E-state index in [4.69, 9.17) is 31.8 Å². The van der Waals surface area contributed by atoms with E-state index in [0.29, 0.717) is 29.1 Å². The SMILES string of the molecule is CC(=NC1CCOCC1)C1=C(N)OCCC(C)Nc2nc(ncc2Cl)N1. The Bertz CT molecular complexity index is 702. The van der Waals surface area contributed by atoms with Gasteiger partial charge in [0.15, 0.2) is 5.82 Å². The summed E-state index contributed by atoms with van der Waals surface area (Å²) in [5.41, 5.74) is 7.53. The summed E-state index contributed by atoms with van der Waals surface area (Å²) >= 11 is 6.19. The van der Waals surface area contributed by atoms with Crippen molar-refractivity contribution in [2.24, 2.45) is 10.7 Å². The molecule has 9 heteroatoms. The summed E-state index contributed by atoms with van der Waals surface area (Å²) in [6, 6.07) is 0.342. The van der Waals surface area contributed by atoms with Crippen LogP contribution in [0.3, 0.4) is 0 Å². The van der Waals surface area contributed by atoms with Crippen LogP contribution in [0.25, 0.3) is 0 Å². The Morgan fingerprint density at radius 2 is 2.08 bits per heavy atom. The second-order valence-corrected chi connectivity index (χ2v) is 6.90. The van der Waals surface area contributed by atoms with Gasteiger partial charge in [0, 0.05) is 25.7 Å². The van der Waals surface area contributed by atoms with Crippen LogP contribution in [0.1, 0.15) is 33.1 Å². The molecule has 8 nitrogen and oxygen atoms in total. The highest BCUT2D eigenvalue weighted by atomic mass is 35.5. The van der Waals surface area contributed by atoms with E-state index in [1.165, 1.54) is 0 Å². The first-order valence-corrected chi connectivity index (χ1v) is 9.22. The second-order valence-electron chi connectivity index (χ2n) is 6.49. The van der Waals surface area contributed by atoms with Crippen molar-refractivity contribution in [1.82, 2.24) is 9.97 Å². The van der Waals surface area contributed by atoms with Gasteiger partial charge in [0.25, 0.3) is 0 Å². The van der Waals surface area contributed by atoms with Gasteiger partial charge in [-0.05, 0) is 26.7 Å². The number of rotatable bonds is 2. The zero-order valence-electron chi connectivity index (χ0n) is 15.1. The molecule has 3 heterocycles. The number of aromatic nitrogens is 2. The first-order valence-electron chi connectivity index (χ1n) is 8.84. The van der Waals surface area contributed by atoms with Gasteiger partial charge >= 0.3 is 0 Å². The standard InChI is InChI=1S/C17H25ClN6O2/c1-10-3-8-26-15(19)14(11(2)22-12-4-6-25-7-5-12)23-17-20-9-13(18)16(21-10)24-17/h9-10,12H,3-8,19H2,1-2H3,(H2,20,21,23,24). The first-order chi connectivity index (χ1) is 12.5. The zero-order chi connectivity index (χ0) is 18.5. The van der Waals surface area contributed by atoms with Crippen LogP contribution in [0.2, 0.25) is 5.02 Å². The maximum absolute atomic E-state index is 6.19. The summed E-state index contributed by atoms with van der Waals surface area (Å²) < 4.78 is 11.1. The van der Waals surface area contributed by atoms with Crippen molar-refractivity contribution in [1.29, 1.82) is 0 Å². The lowest BCUT2D eigenvalue weighted by Gasteiger charge is -2.20. The van der Waals surface area contributed by atoms with Gasteiger partial charge in [-0.15, -0.1) is 0 Å². The summed E-state index contributed by atoms with van der Waals surface area (Å²) in [6.07, 6.45) is 4.10. The third-order valence-corrected chi connectivity index (χ3v) is 4.62. The Hall–Kier alpha value is -2.06. The van der Waals surface area contributed by atoms with Crippen LogP contribution in [0.4, 0.5) is 11.8 Å². The number of hydrogen-bond acceptors (Lipinski definition) is 8. The Morgan fingerprint density at radius 1 is 1.31 bits per heavy atom. The topological polar surface area (TPSA) is 107 Å². The third kappa shape index (κ3) is 4.76. The molecule has 0 aliphatic carbocycles. The molecule has 1 atom stereocenters. The molecule has 1 aromatic rings. The molecule has 4 N–H and O–H groups in total. The van der Waals surface area contributed by atoms with Crippen molar-refractivity contribution in [3.05, 3.63) is 22.8 Å². The third-order valence-electron chi connectivity index (χ3n) is 4.35. The van der Waals surface area contributed by atoms with Crippen molar-refractivity contribution >= 4 is 29.1 Å². The lowest BCUT2D eigenvalue weighted by Crippen LogP contribution is -2.24. The minimum Gasteiger partial charge on any atom is -0.478 e. The lowest BCUT2D eigenvalue weighted by molar-refractivity contribution is 0.0871. The summed E-state index contributed by atoms with van der Waals surface area (Å²) in [5.74, 6) is 1.25. The minimum absolute atomic E-state index is 0.126. The van der Waals surface area contributed by atoms with Crippen molar-refractivity contribution in [2.45, 2.75) is 45.2 Å². The molecule has 0 amide bonds. The summed E-state index contributed by atoms with van der Waals surface area (Å²) in [5, 5.41) is 6.88. The van der Waals surface area contributed by atoms with Crippen LogP contribution in [0.15, 0.2) is 22.8 Å². The summed E-state index contributed by atoms with van der Waals surface area (Å²) in [6.45, 7) is 5.87. The molecule has 0 spiro atoms. The van der Waals surface area contributed by atoms with Gasteiger partial charge in [0.05, 0.1) is 24.6 Å². The Labute approximate surface area is 158 Å². The fourth-order valence-electron chi connectivity index (χ4n) is 2.85. The average Bonchev–Trinajstić information content (AvgIpc) is 2.64. The van der Waals surface area contributed by atoms with Crippen LogP contribution in [0.5, 0.6) is 0 Å². The highest BCUT2D eigenvalue weighted by molar-refractivity contribution is 6.32. The Morgan fingerprint density at radius 3 is 2.85 bits per heavy atom. The van der Waals surface area contributed by atoms with Crippen molar-refractivity contribution in [3.8, 4) is 0 Å². The van der Waals surface area contributed by atoms with E-state index in [0.717, 1.165) is 38.2 Å². The number of nitrogens with two attached hydrogens (primary N) is 1. The van der Waals surface area contributed by atoms with E-state index in [1.54, 1.807) is 6.20 Å². The monoisotopic (exact) mass is 380 g/mol. The van der Waals surface area contributed by atoms with Gasteiger partial charge < -0.3 is 25.8 Å². The highest BCUT2D eigenvalue weighted by Crippen LogP contribution is 2.23. The maximum Gasteiger partial charge on any atom is 0.229 e. The summed E-state index contributed by atoms with van der Waals surface area (Å²) in [4.78, 5) is 13.5. The molecular weight excluding hydrogens is 356 g/mol.